The summed E-state index contributed by atoms with van der Waals surface area (Å²) < 4.78 is 21.0. The van der Waals surface area contributed by atoms with E-state index in [4.69, 9.17) is 92.4 Å². The Balaban J connectivity index is 0.000000180. The maximum atomic E-state index is 12.1. The molecule has 0 bridgehead atoms. The number of fused-ring (bicyclic) bond motifs is 5. The van der Waals surface area contributed by atoms with E-state index in [2.05, 4.69) is 137 Å². The average molecular weight is 1880 g/mol. The number of amides is 3. The number of aromatic hydroxyl groups is 1. The third kappa shape index (κ3) is 38.1. The number of carbonyl (C=O) groups is 3. The molecule has 0 aliphatic carbocycles. The molecule has 11 aromatic rings. The van der Waals surface area contributed by atoms with Crippen molar-refractivity contribution < 1.29 is 55.7 Å². The quantitative estimate of drug-likeness (QED) is 0.0292. The number of hydrogen-bond acceptors (Lipinski definition) is 12. The molecular weight excluding hydrogens is 1750 g/mol. The molecule has 0 saturated carbocycles. The Kier molecular flexibility index (Phi) is 45.7. The molecule has 0 fully saturated rings. The van der Waals surface area contributed by atoms with Crippen LogP contribution in [0.5, 0.6) is 23.0 Å². The van der Waals surface area contributed by atoms with Crippen molar-refractivity contribution >= 4 is 85.6 Å². The van der Waals surface area contributed by atoms with Gasteiger partial charge in [0.2, 0.25) is 11.8 Å². The number of phenolic OH excluding ortho intramolecular Hbond substituents is 1. The molecule has 16 rings (SSSR count). The molecule has 3 amide bonds. The molecule has 8 N–H and O–H groups in total. The fraction of sp³-hybridized carbons (Fsp3) is 0.327. The number of hydrogen-bond donors (Lipinski definition) is 7. The Morgan fingerprint density at radius 3 is 1.22 bits per heavy atom. The number of methoxy groups -OCH3 is 3. The van der Waals surface area contributed by atoms with Crippen molar-refractivity contribution in [3.8, 4) is 23.0 Å². The van der Waals surface area contributed by atoms with E-state index in [1.165, 1.54) is 83.5 Å². The van der Waals surface area contributed by atoms with Gasteiger partial charge in [-0.2, -0.15) is 18.6 Å². The molecule has 5 aliphatic heterocycles. The van der Waals surface area contributed by atoms with Crippen molar-refractivity contribution in [2.45, 2.75) is 123 Å². The first kappa shape index (κ1) is 102. The first-order valence-corrected chi connectivity index (χ1v) is 49.0. The summed E-state index contributed by atoms with van der Waals surface area (Å²) in [6.45, 7) is 19.4. The number of phenols is 1. The monoisotopic (exact) mass is 1870 g/mol. The Labute approximate surface area is 786 Å². The molecule has 15 nitrogen and oxygen atoms in total. The first-order chi connectivity index (χ1) is 61.0. The Hall–Kier alpha value is -9.10. The zero-order chi connectivity index (χ0) is 90.4. The van der Waals surface area contributed by atoms with Gasteiger partial charge in [-0.1, -0.05) is 174 Å². The molecule has 0 radical (unpaired) electrons. The van der Waals surface area contributed by atoms with Crippen molar-refractivity contribution in [3.05, 3.63) is 369 Å². The van der Waals surface area contributed by atoms with Crippen LogP contribution in [0.15, 0.2) is 237 Å². The summed E-state index contributed by atoms with van der Waals surface area (Å²) in [5, 5.41) is 28.3. The summed E-state index contributed by atoms with van der Waals surface area (Å²) in [5.41, 5.74) is 29.9. The van der Waals surface area contributed by atoms with Crippen molar-refractivity contribution in [2.24, 2.45) is 5.73 Å². The van der Waals surface area contributed by atoms with Gasteiger partial charge in [-0.3, -0.25) is 9.59 Å². The fourth-order valence-corrected chi connectivity index (χ4v) is 15.5. The van der Waals surface area contributed by atoms with Crippen molar-refractivity contribution in [2.75, 3.05) is 99.2 Å². The molecule has 11 aromatic carbocycles. The van der Waals surface area contributed by atoms with Crippen molar-refractivity contribution in [3.63, 3.8) is 0 Å². The van der Waals surface area contributed by atoms with Gasteiger partial charge in [0.15, 0.2) is 0 Å². The van der Waals surface area contributed by atoms with Crippen LogP contribution in [-0.2, 0) is 128 Å². The van der Waals surface area contributed by atoms with E-state index in [1.54, 1.807) is 32.3 Å². The zero-order valence-corrected chi connectivity index (χ0v) is 81.1. The number of alkyl halides is 1. The molecule has 0 atom stereocenters. The number of benzene rings is 11. The topological polar surface area (TPSA) is 198 Å². The van der Waals surface area contributed by atoms with Crippen LogP contribution in [0.2, 0.25) is 20.1 Å². The molecule has 5 heterocycles. The molecule has 0 aromatic heterocycles. The van der Waals surface area contributed by atoms with Gasteiger partial charge in [0.25, 0.3) is 0 Å². The van der Waals surface area contributed by atoms with Crippen LogP contribution >= 0.6 is 67.7 Å². The van der Waals surface area contributed by atoms with E-state index < -0.39 is 5.60 Å². The Morgan fingerprint density at radius 1 is 0.437 bits per heavy atom. The predicted octanol–water partition coefficient (Wildman–Crippen LogP) is 20.5. The van der Waals surface area contributed by atoms with Gasteiger partial charge >= 0.3 is 33.1 Å². The Morgan fingerprint density at radius 2 is 0.794 bits per heavy atom. The number of carbonyl (C=O) groups excluding carboxylic acids is 3. The van der Waals surface area contributed by atoms with Gasteiger partial charge in [0.05, 0.1) is 33.5 Å². The average Bonchev–Trinajstić information content (AvgIpc) is 1.76. The van der Waals surface area contributed by atoms with E-state index in [9.17, 15) is 19.5 Å². The molecular formula is C104H121Cl6N7O8Zn. The molecule has 664 valence electrons. The number of nitrogens with one attached hydrogen (secondary N) is 5. The summed E-state index contributed by atoms with van der Waals surface area (Å²) in [6, 6.07) is 79.5. The van der Waals surface area contributed by atoms with Crippen LogP contribution in [0, 0.1) is 6.92 Å². The van der Waals surface area contributed by atoms with Crippen LogP contribution in [-0.4, -0.2) is 133 Å². The third-order valence-electron chi connectivity index (χ3n) is 21.3. The summed E-state index contributed by atoms with van der Waals surface area (Å²) in [6.07, 6.45) is 14.2. The van der Waals surface area contributed by atoms with E-state index in [0.29, 0.717) is 43.4 Å². The zero-order valence-electron chi connectivity index (χ0n) is 73.6. The standard InChI is InChI=1S/2C18H21NO.C17H19NO.C15H20ClNO2.C10H11Cl2NO.C10H10ClNO.C8H10ClN.C8H9O.ClH.Zn/c2*1-20-18-4-2-3-14(13-18)11-15-5-6-16-7-9-19-10-8-17(16)12-15;19-17-3-1-2-13(12-17)10-14-4-5-15-6-8-18-9-7-16(15)11-14;1-15(2,3)19-14(18)17-8-6-11-4-5-13(16)10-12(11)7-9-17;11-7-10(14)13-6-5-8-1-3-9(12)4-2-8;11-9-2-1-7-3-4-12-10(13)6-8(7)5-9;9-8-3-1-7(2-4-8)5-6-10;1-7-4-3-5-8(6-7)9-2;;/h2*2-6,12-13,19H,7-11H2,1H3;1-5,11-12,18-19H,6-10H2;4-5,10H,6-9H2,1-3H3;1-4H,5-7H2,(H,13,14);1-2,5H,3-4,6H2,(H,12,13);1-4H,5-6,10H2;3-6H,1H2,2H3;1H;/q;;;;;;;-1;;+2/p-1. The van der Waals surface area contributed by atoms with Crippen LogP contribution in [0.4, 0.5) is 4.79 Å². The second-order valence-electron chi connectivity index (χ2n) is 31.9. The minimum atomic E-state index is -0.445. The summed E-state index contributed by atoms with van der Waals surface area (Å²) in [4.78, 5) is 35.8. The van der Waals surface area contributed by atoms with Gasteiger partial charge in [-0.25, -0.2) is 4.79 Å². The van der Waals surface area contributed by atoms with Gasteiger partial charge in [0, 0.05) is 46.3 Å². The first-order valence-electron chi connectivity index (χ1n) is 43.0. The number of rotatable bonds is 15. The molecule has 5 aliphatic rings. The fourth-order valence-electron chi connectivity index (χ4n) is 14.8. The van der Waals surface area contributed by atoms with Crippen LogP contribution in [0.1, 0.15) is 126 Å². The van der Waals surface area contributed by atoms with E-state index in [1.807, 2.05) is 148 Å². The number of nitrogens with two attached hydrogens (primary N) is 1. The Bertz CT molecular complexity index is 5050. The minimum absolute atomic E-state index is 0.0145. The van der Waals surface area contributed by atoms with E-state index in [-0.39, 0.29) is 23.8 Å². The molecule has 126 heavy (non-hydrogen) atoms. The normalized spacial score (nSPS) is 13.4. The number of ether oxygens (including phenoxy) is 4. The van der Waals surface area contributed by atoms with Gasteiger partial charge < -0.3 is 61.3 Å². The maximum absolute atomic E-state index is 12.1. The van der Waals surface area contributed by atoms with Gasteiger partial charge in [-0.05, 0) is 348 Å². The summed E-state index contributed by atoms with van der Waals surface area (Å²) >= 11 is 29.4. The third-order valence-corrected chi connectivity index (χ3v) is 22.5. The van der Waals surface area contributed by atoms with Crippen LogP contribution in [0.3, 0.4) is 0 Å². The van der Waals surface area contributed by atoms with E-state index >= 15 is 0 Å². The van der Waals surface area contributed by atoms with Gasteiger partial charge in [0.1, 0.15) is 28.7 Å². The summed E-state index contributed by atoms with van der Waals surface area (Å²) in [5.74, 6) is 3.03. The summed E-state index contributed by atoms with van der Waals surface area (Å²) in [7, 11) is 9.85. The molecule has 0 spiro atoms. The van der Waals surface area contributed by atoms with Crippen LogP contribution in [0.25, 0.3) is 0 Å². The van der Waals surface area contributed by atoms with Gasteiger partial charge in [-0.15, -0.1) is 23.7 Å². The SMILES string of the molecule is CC(C)(C)OC(=O)N1CCc2ccc(Cl)cc2CC1.COc1cccc(Cc2ccc3c(c2)CCNCC3)c1.COc1cccc(Cc2ccc3c(c2)CCNCC3)c1.NCCc1ccc(Cl)cc1.O=C(CCl)NCCc1ccc(Cl)cc1.O=C1Cc2cc(Cl)ccc2CCN1.Oc1cccc(Cc2ccc3c(c2)CCNCC3)c1.[CH2-]c1cccc(OC)c1.[Cl][Zn+]. The molecule has 0 unspecified atom stereocenters. The van der Waals surface area contributed by atoms with Crippen molar-refractivity contribution in [1.82, 2.24) is 31.5 Å². The number of nitrogens with zero attached hydrogens (tertiary/aromatic N) is 1. The molecule has 0 saturated heterocycles. The van der Waals surface area contributed by atoms with Crippen LogP contribution < -0.4 is 46.5 Å². The second kappa shape index (κ2) is 56.3. The molecule has 22 heteroatoms. The van der Waals surface area contributed by atoms with E-state index in [0.717, 1.165) is 208 Å². The van der Waals surface area contributed by atoms with Crippen molar-refractivity contribution in [1.29, 1.82) is 0 Å². The second-order valence-corrected chi connectivity index (χ2v) is 33.9. The predicted molar refractivity (Wildman–Crippen MR) is 518 cm³/mol. The number of halogens is 6.